The van der Waals surface area contributed by atoms with Crippen molar-refractivity contribution in [2.45, 2.75) is 60.2 Å². The summed E-state index contributed by atoms with van der Waals surface area (Å²) in [5.74, 6) is -1.07. The third-order valence-electron chi connectivity index (χ3n) is 8.98. The van der Waals surface area contributed by atoms with Gasteiger partial charge < -0.3 is 40.2 Å². The zero-order valence-corrected chi connectivity index (χ0v) is 32.2. The third kappa shape index (κ3) is 8.18. The Labute approximate surface area is 326 Å². The number of methoxy groups -OCH3 is 1. The molecule has 19 heteroatoms. The van der Waals surface area contributed by atoms with Crippen LogP contribution in [-0.4, -0.2) is 77.8 Å². The fraction of sp³-hybridized carbons (Fsp3) is 0.316. The largest absolute Gasteiger partial charge is 0.494 e. The molecule has 0 bridgehead atoms. The quantitative estimate of drug-likeness (QED) is 0.0658. The van der Waals surface area contributed by atoms with E-state index in [0.717, 1.165) is 0 Å². The minimum Gasteiger partial charge on any atom is -0.494 e. The van der Waals surface area contributed by atoms with Crippen LogP contribution in [-0.2, 0) is 26.1 Å². The Balaban J connectivity index is 1.41. The van der Waals surface area contributed by atoms with Crippen molar-refractivity contribution < 1.29 is 33.1 Å². The third-order valence-corrected chi connectivity index (χ3v) is 8.98. The average Bonchev–Trinajstić information content (AvgIpc) is 3.95. The Morgan fingerprint density at radius 3 is 1.95 bits per heavy atom. The molecule has 0 atom stereocenters. The van der Waals surface area contributed by atoms with Crippen molar-refractivity contribution in [2.75, 3.05) is 30.9 Å². The van der Waals surface area contributed by atoms with E-state index in [1.807, 2.05) is 26.0 Å². The number of ether oxygens (including phenoxy) is 2. The molecule has 0 unspecified atom stereocenters. The van der Waals surface area contributed by atoms with Crippen LogP contribution in [0.15, 0.2) is 46.9 Å². The number of allylic oxidation sites excluding steroid dienone is 2. The van der Waals surface area contributed by atoms with Gasteiger partial charge in [-0.25, -0.2) is 15.0 Å². The molecule has 0 saturated heterocycles. The molecule has 8 N–H and O–H groups in total. The Hall–Kier alpha value is -7.02. The highest BCUT2D eigenvalue weighted by Gasteiger charge is 2.24. The van der Waals surface area contributed by atoms with Crippen LogP contribution in [0.5, 0.6) is 11.5 Å². The van der Waals surface area contributed by atoms with Gasteiger partial charge in [-0.3, -0.25) is 34.5 Å². The molecule has 0 aliphatic carbocycles. The molecular weight excluding hydrogens is 736 g/mol. The predicted molar refractivity (Wildman–Crippen MR) is 211 cm³/mol. The van der Waals surface area contributed by atoms with E-state index in [9.17, 15) is 19.2 Å². The van der Waals surface area contributed by atoms with Gasteiger partial charge in [0.15, 0.2) is 5.89 Å². The topological polar surface area (TPSA) is 268 Å². The van der Waals surface area contributed by atoms with Crippen LogP contribution in [0, 0.1) is 13.8 Å². The normalized spacial score (nSPS) is 11.5. The molecule has 2 aromatic carbocycles. The number of rotatable bonds is 17. The highest BCUT2D eigenvalue weighted by atomic mass is 16.5. The number of carbonyl (C=O) groups is 4. The van der Waals surface area contributed by atoms with Crippen LogP contribution in [0.2, 0.25) is 0 Å². The van der Waals surface area contributed by atoms with Crippen LogP contribution < -0.4 is 37.3 Å². The fourth-order valence-electron chi connectivity index (χ4n) is 6.36. The van der Waals surface area contributed by atoms with Crippen molar-refractivity contribution in [1.82, 2.24) is 33.9 Å². The van der Waals surface area contributed by atoms with Crippen molar-refractivity contribution in [3.05, 3.63) is 82.3 Å². The molecule has 0 spiro atoms. The number of carbonyl (C=O) groups excluding carboxylic acids is 4. The van der Waals surface area contributed by atoms with E-state index in [4.69, 9.17) is 31.1 Å². The molecule has 0 saturated carbocycles. The Morgan fingerprint density at radius 2 is 1.40 bits per heavy atom. The molecule has 6 rings (SSSR count). The number of oxazole rings is 1. The summed E-state index contributed by atoms with van der Waals surface area (Å²) in [6, 6.07) is 7.75. The lowest BCUT2D eigenvalue weighted by atomic mass is 10.1. The van der Waals surface area contributed by atoms with Gasteiger partial charge in [0.2, 0.25) is 29.5 Å². The highest BCUT2D eigenvalue weighted by Crippen LogP contribution is 2.33. The van der Waals surface area contributed by atoms with Gasteiger partial charge in [-0.05, 0) is 63.6 Å². The van der Waals surface area contributed by atoms with E-state index in [1.54, 1.807) is 33.7 Å². The maximum Gasteiger partial charge on any atom is 0.295 e. The molecule has 4 heterocycles. The van der Waals surface area contributed by atoms with Gasteiger partial charge in [0.25, 0.3) is 11.8 Å². The monoisotopic (exact) mass is 780 g/mol. The minimum absolute atomic E-state index is 0.0496. The summed E-state index contributed by atoms with van der Waals surface area (Å²) in [5, 5.41) is 10.1. The van der Waals surface area contributed by atoms with E-state index in [-0.39, 0.29) is 48.5 Å². The predicted octanol–water partition coefficient (Wildman–Crippen LogP) is 3.46. The van der Waals surface area contributed by atoms with Gasteiger partial charge in [-0.15, -0.1) is 0 Å². The summed E-state index contributed by atoms with van der Waals surface area (Å²) in [6.45, 7) is 8.57. The molecule has 57 heavy (non-hydrogen) atoms. The smallest absolute Gasteiger partial charge is 0.295 e. The van der Waals surface area contributed by atoms with Crippen molar-refractivity contribution >= 4 is 57.6 Å². The number of nitrogens with one attached hydrogen (secondary N) is 2. The average molecular weight is 781 g/mol. The number of hydrogen-bond donors (Lipinski definition) is 5. The van der Waals surface area contributed by atoms with E-state index in [1.165, 1.54) is 31.4 Å². The number of hydrogen-bond acceptors (Lipinski definition) is 12. The number of benzene rings is 2. The summed E-state index contributed by atoms with van der Waals surface area (Å²) in [5.41, 5.74) is 20.5. The van der Waals surface area contributed by atoms with Gasteiger partial charge >= 0.3 is 0 Å². The molecule has 4 amide bonds. The standard InChI is InChI=1S/C38H44N12O7/c1-6-24-32(57-21(4)42-24)36(54)46-38-44-26-17-23(34(41)52)19-29(56-14-10-11-39)31(26)49(38)13-9-8-12-48-30-25(16-22(33(40)51)18-28(30)55-5)43-37(48)45-35(53)27-15-20(3)47-50(27)7-2/h8-9,15-19H,6-7,10-14,39H2,1-5H3,(H2,40,51)(H2,41,52)(H,43,45,53)(H,44,46,54)/b9-8+. The maximum absolute atomic E-state index is 13.6. The van der Waals surface area contributed by atoms with Crippen molar-refractivity contribution in [2.24, 2.45) is 17.2 Å². The van der Waals surface area contributed by atoms with Gasteiger partial charge in [0, 0.05) is 37.7 Å². The molecular formula is C38H44N12O7. The highest BCUT2D eigenvalue weighted by molar-refractivity contribution is 6.05. The number of fused-ring (bicyclic) bond motifs is 2. The van der Waals surface area contributed by atoms with E-state index < -0.39 is 23.6 Å². The summed E-state index contributed by atoms with van der Waals surface area (Å²) >= 11 is 0. The molecule has 0 fully saturated rings. The first kappa shape index (κ1) is 39.7. The van der Waals surface area contributed by atoms with E-state index >= 15 is 0 Å². The molecule has 0 radical (unpaired) electrons. The number of anilines is 2. The number of aromatic nitrogens is 7. The summed E-state index contributed by atoms with van der Waals surface area (Å²) in [4.78, 5) is 65.3. The Bertz CT molecular complexity index is 2540. The van der Waals surface area contributed by atoms with Gasteiger partial charge in [-0.1, -0.05) is 19.1 Å². The van der Waals surface area contributed by atoms with Crippen LogP contribution in [0.25, 0.3) is 22.1 Å². The Morgan fingerprint density at radius 1 is 0.825 bits per heavy atom. The number of nitrogens with two attached hydrogens (primary N) is 3. The second-order valence-corrected chi connectivity index (χ2v) is 12.9. The van der Waals surface area contributed by atoms with Crippen molar-refractivity contribution in [3.63, 3.8) is 0 Å². The molecule has 0 aliphatic rings. The lowest BCUT2D eigenvalue weighted by Gasteiger charge is -2.13. The van der Waals surface area contributed by atoms with E-state index in [0.29, 0.717) is 82.5 Å². The second-order valence-electron chi connectivity index (χ2n) is 12.9. The first-order chi connectivity index (χ1) is 27.4. The summed E-state index contributed by atoms with van der Waals surface area (Å²) in [6.07, 6.45) is 4.63. The SMILES string of the molecule is CCc1nc(C)oc1C(=O)Nc1nc2cc(C(N)=O)cc(OCCCN)c2n1C/C=C/Cn1c(NC(=O)c2cc(C)nn2CC)nc2cc(C(N)=O)cc(OC)c21. The zero-order chi connectivity index (χ0) is 41.0. The number of imidazole rings is 2. The molecule has 0 aliphatic heterocycles. The molecule has 298 valence electrons. The zero-order valence-electron chi connectivity index (χ0n) is 32.2. The second kappa shape index (κ2) is 16.8. The summed E-state index contributed by atoms with van der Waals surface area (Å²) in [7, 11) is 1.45. The first-order valence-corrected chi connectivity index (χ1v) is 18.2. The number of aryl methyl sites for hydroxylation is 4. The first-order valence-electron chi connectivity index (χ1n) is 18.2. The van der Waals surface area contributed by atoms with Crippen LogP contribution >= 0.6 is 0 Å². The number of primary amides is 2. The molecule has 6 aromatic rings. The summed E-state index contributed by atoms with van der Waals surface area (Å²) < 4.78 is 22.4. The molecule has 4 aromatic heterocycles. The fourth-order valence-corrected chi connectivity index (χ4v) is 6.36. The number of amides is 4. The van der Waals surface area contributed by atoms with Crippen molar-refractivity contribution in [3.8, 4) is 11.5 Å². The van der Waals surface area contributed by atoms with Gasteiger partial charge in [-0.2, -0.15) is 5.10 Å². The Kier molecular flexibility index (Phi) is 11.7. The van der Waals surface area contributed by atoms with Crippen molar-refractivity contribution in [1.29, 1.82) is 0 Å². The van der Waals surface area contributed by atoms with Crippen LogP contribution in [0.1, 0.15) is 79.3 Å². The molecule has 19 nitrogen and oxygen atoms in total. The minimum atomic E-state index is -0.687. The lowest BCUT2D eigenvalue weighted by Crippen LogP contribution is -2.20. The van der Waals surface area contributed by atoms with Crippen LogP contribution in [0.3, 0.4) is 0 Å². The maximum atomic E-state index is 13.6. The van der Waals surface area contributed by atoms with E-state index in [2.05, 4.69) is 30.7 Å². The van der Waals surface area contributed by atoms with Crippen LogP contribution in [0.4, 0.5) is 11.9 Å². The van der Waals surface area contributed by atoms with Gasteiger partial charge in [0.1, 0.15) is 28.2 Å². The lowest BCUT2D eigenvalue weighted by molar-refractivity contribution is 0.0987. The van der Waals surface area contributed by atoms with Gasteiger partial charge in [0.05, 0.1) is 36.1 Å². The number of nitrogens with zero attached hydrogens (tertiary/aromatic N) is 7.